The third-order valence-electron chi connectivity index (χ3n) is 8.77. The zero-order chi connectivity index (χ0) is 33.7. The standard InChI is InChI=1S/C38H44N4O4S/c1-38(2,3)46-37(45)42-19-17-29(18-20-42)36(44)41(4)33(24-26-14-16-28-10-6-8-12-31(28)22-26)35(43)40-32(34(39)47)23-25-13-15-27-9-5-7-11-30(27)21-25/h5-16,21-22,29,32-33H,17-20,23-24H2,1-4H3,(H2,39,47)(H,40,43). The van der Waals surface area contributed by atoms with Crippen molar-refractivity contribution in [2.75, 3.05) is 20.1 Å². The van der Waals surface area contributed by atoms with Crippen molar-refractivity contribution in [1.29, 1.82) is 0 Å². The van der Waals surface area contributed by atoms with Crippen LogP contribution in [0.15, 0.2) is 84.9 Å². The highest BCUT2D eigenvalue weighted by atomic mass is 32.1. The van der Waals surface area contributed by atoms with Gasteiger partial charge in [0.2, 0.25) is 11.8 Å². The van der Waals surface area contributed by atoms with Crippen molar-refractivity contribution in [3.63, 3.8) is 0 Å². The molecule has 0 saturated carbocycles. The lowest BCUT2D eigenvalue weighted by molar-refractivity contribution is -0.143. The number of likely N-dealkylation sites (tertiary alicyclic amines) is 1. The quantitative estimate of drug-likeness (QED) is 0.214. The number of carbonyl (C=O) groups excluding carboxylic acids is 3. The van der Waals surface area contributed by atoms with E-state index >= 15 is 0 Å². The number of nitrogens with zero attached hydrogens (tertiary/aromatic N) is 2. The van der Waals surface area contributed by atoms with Gasteiger partial charge in [0, 0.05) is 32.5 Å². The van der Waals surface area contributed by atoms with E-state index in [4.69, 9.17) is 22.7 Å². The molecule has 1 aliphatic rings. The number of hydrogen-bond donors (Lipinski definition) is 2. The first-order valence-electron chi connectivity index (χ1n) is 16.2. The molecule has 0 radical (unpaired) electrons. The topological polar surface area (TPSA) is 105 Å². The second-order valence-corrected chi connectivity index (χ2v) is 13.9. The Labute approximate surface area is 282 Å². The number of rotatable bonds is 9. The Bertz CT molecular complexity index is 1780. The molecule has 47 heavy (non-hydrogen) atoms. The first-order chi connectivity index (χ1) is 22.4. The summed E-state index contributed by atoms with van der Waals surface area (Å²) in [5, 5.41) is 7.46. The maximum Gasteiger partial charge on any atom is 0.410 e. The van der Waals surface area contributed by atoms with Gasteiger partial charge in [-0.3, -0.25) is 9.59 Å². The largest absolute Gasteiger partial charge is 0.444 e. The number of likely N-dealkylation sites (N-methyl/N-ethyl adjacent to an activating group) is 1. The maximum absolute atomic E-state index is 14.1. The predicted molar refractivity (Wildman–Crippen MR) is 191 cm³/mol. The van der Waals surface area contributed by atoms with Crippen LogP contribution in [0.1, 0.15) is 44.7 Å². The smallest absolute Gasteiger partial charge is 0.410 e. The van der Waals surface area contributed by atoms with Gasteiger partial charge in [-0.2, -0.15) is 0 Å². The molecule has 2 atom stereocenters. The Morgan fingerprint density at radius 3 is 1.89 bits per heavy atom. The third kappa shape index (κ3) is 8.65. The number of nitrogens with one attached hydrogen (secondary N) is 1. The first kappa shape index (κ1) is 33.9. The van der Waals surface area contributed by atoms with Gasteiger partial charge in [0.05, 0.1) is 11.0 Å². The SMILES string of the molecule is CN(C(=O)C1CCN(C(=O)OC(C)(C)C)CC1)C(Cc1ccc2ccccc2c1)C(=O)NC(Cc1ccc2ccccc2c1)C(N)=S. The monoisotopic (exact) mass is 652 g/mol. The van der Waals surface area contributed by atoms with E-state index in [1.165, 1.54) is 0 Å². The van der Waals surface area contributed by atoms with Crippen molar-refractivity contribution >= 4 is 56.7 Å². The summed E-state index contributed by atoms with van der Waals surface area (Å²) in [5.41, 5.74) is 7.52. The van der Waals surface area contributed by atoms with Gasteiger partial charge in [-0.05, 0) is 72.7 Å². The summed E-state index contributed by atoms with van der Waals surface area (Å²) in [5.74, 6) is -0.774. The van der Waals surface area contributed by atoms with E-state index in [-0.39, 0.29) is 28.8 Å². The van der Waals surface area contributed by atoms with Crippen LogP contribution in [0.2, 0.25) is 0 Å². The molecule has 1 heterocycles. The molecule has 0 aromatic heterocycles. The van der Waals surface area contributed by atoms with Crippen LogP contribution in [0, 0.1) is 5.92 Å². The molecule has 3 N–H and O–H groups in total. The lowest BCUT2D eigenvalue weighted by Gasteiger charge is -2.36. The summed E-state index contributed by atoms with van der Waals surface area (Å²) in [4.78, 5) is 44.1. The number of piperidine rings is 1. The number of hydrogen-bond acceptors (Lipinski definition) is 5. The number of fused-ring (bicyclic) bond motifs is 2. The molecule has 1 saturated heterocycles. The third-order valence-corrected chi connectivity index (χ3v) is 9.05. The van der Waals surface area contributed by atoms with Crippen LogP contribution in [-0.2, 0) is 27.2 Å². The Morgan fingerprint density at radius 1 is 0.872 bits per heavy atom. The van der Waals surface area contributed by atoms with Crippen molar-refractivity contribution < 1.29 is 19.1 Å². The summed E-state index contributed by atoms with van der Waals surface area (Å²) in [7, 11) is 1.69. The lowest BCUT2D eigenvalue weighted by Crippen LogP contribution is -2.55. The Morgan fingerprint density at radius 2 is 1.38 bits per heavy atom. The minimum Gasteiger partial charge on any atom is -0.444 e. The van der Waals surface area contributed by atoms with Crippen LogP contribution in [0.4, 0.5) is 4.79 Å². The van der Waals surface area contributed by atoms with Gasteiger partial charge in [0.15, 0.2) is 0 Å². The summed E-state index contributed by atoms with van der Waals surface area (Å²) in [6, 6.07) is 27.0. The summed E-state index contributed by atoms with van der Waals surface area (Å²) in [6.45, 7) is 6.33. The van der Waals surface area contributed by atoms with E-state index in [1.807, 2.05) is 87.5 Å². The first-order valence-corrected chi connectivity index (χ1v) is 16.6. The molecule has 9 heteroatoms. The number of amides is 3. The molecule has 246 valence electrons. The second kappa shape index (κ2) is 14.5. The van der Waals surface area contributed by atoms with Crippen LogP contribution in [0.3, 0.4) is 0 Å². The molecule has 0 spiro atoms. The van der Waals surface area contributed by atoms with E-state index in [1.54, 1.807) is 16.8 Å². The van der Waals surface area contributed by atoms with E-state index < -0.39 is 17.7 Å². The minimum atomic E-state index is -0.805. The predicted octanol–water partition coefficient (Wildman–Crippen LogP) is 6.02. The second-order valence-electron chi connectivity index (χ2n) is 13.4. The zero-order valence-electron chi connectivity index (χ0n) is 27.6. The number of benzene rings is 4. The van der Waals surface area contributed by atoms with Gasteiger partial charge < -0.3 is 25.6 Å². The highest BCUT2D eigenvalue weighted by Crippen LogP contribution is 2.24. The van der Waals surface area contributed by atoms with Crippen molar-refractivity contribution in [3.8, 4) is 0 Å². The van der Waals surface area contributed by atoms with E-state index in [0.29, 0.717) is 38.8 Å². The Balaban J connectivity index is 1.34. The highest BCUT2D eigenvalue weighted by molar-refractivity contribution is 7.80. The van der Waals surface area contributed by atoms with Gasteiger partial charge in [0.1, 0.15) is 11.6 Å². The molecule has 1 fully saturated rings. The average molecular weight is 653 g/mol. The highest BCUT2D eigenvalue weighted by Gasteiger charge is 2.36. The molecular formula is C38H44N4O4S. The molecule has 4 aromatic carbocycles. The molecule has 8 nitrogen and oxygen atoms in total. The molecule has 4 aromatic rings. The van der Waals surface area contributed by atoms with E-state index in [2.05, 4.69) is 23.5 Å². The summed E-state index contributed by atoms with van der Waals surface area (Å²) < 4.78 is 5.52. The van der Waals surface area contributed by atoms with Gasteiger partial charge in [-0.1, -0.05) is 97.1 Å². The fraction of sp³-hybridized carbons (Fsp3) is 0.368. The minimum absolute atomic E-state index is 0.129. The lowest BCUT2D eigenvalue weighted by atomic mass is 9.93. The number of ether oxygens (including phenoxy) is 1. The van der Waals surface area contributed by atoms with Crippen molar-refractivity contribution in [1.82, 2.24) is 15.1 Å². The molecular weight excluding hydrogens is 609 g/mol. The maximum atomic E-state index is 14.1. The van der Waals surface area contributed by atoms with Crippen LogP contribution >= 0.6 is 12.2 Å². The van der Waals surface area contributed by atoms with Crippen LogP contribution in [0.5, 0.6) is 0 Å². The van der Waals surface area contributed by atoms with E-state index in [0.717, 1.165) is 32.7 Å². The molecule has 3 amide bonds. The number of carbonyl (C=O) groups is 3. The van der Waals surface area contributed by atoms with Crippen LogP contribution in [0.25, 0.3) is 21.5 Å². The van der Waals surface area contributed by atoms with Gasteiger partial charge in [0.25, 0.3) is 0 Å². The molecule has 1 aliphatic heterocycles. The van der Waals surface area contributed by atoms with Gasteiger partial charge >= 0.3 is 6.09 Å². The van der Waals surface area contributed by atoms with Crippen LogP contribution in [-0.4, -0.2) is 70.5 Å². The molecule has 5 rings (SSSR count). The fourth-order valence-electron chi connectivity index (χ4n) is 6.16. The summed E-state index contributed by atoms with van der Waals surface area (Å²) >= 11 is 5.42. The number of thiocarbonyl (C=S) groups is 1. The normalized spacial score (nSPS) is 15.2. The van der Waals surface area contributed by atoms with Gasteiger partial charge in [-0.15, -0.1) is 0 Å². The molecule has 2 unspecified atom stereocenters. The van der Waals surface area contributed by atoms with Gasteiger partial charge in [-0.25, -0.2) is 4.79 Å². The van der Waals surface area contributed by atoms with Crippen molar-refractivity contribution in [2.24, 2.45) is 11.7 Å². The Kier molecular flexibility index (Phi) is 10.4. The van der Waals surface area contributed by atoms with Crippen molar-refractivity contribution in [2.45, 2.75) is 64.1 Å². The number of nitrogens with two attached hydrogens (primary N) is 1. The average Bonchev–Trinajstić information content (AvgIpc) is 3.05. The zero-order valence-corrected chi connectivity index (χ0v) is 28.4. The summed E-state index contributed by atoms with van der Waals surface area (Å²) in [6.07, 6.45) is 1.35. The fourth-order valence-corrected chi connectivity index (χ4v) is 6.31. The van der Waals surface area contributed by atoms with Crippen molar-refractivity contribution in [3.05, 3.63) is 96.1 Å². The Hall–Kier alpha value is -4.50. The van der Waals surface area contributed by atoms with Crippen LogP contribution < -0.4 is 11.1 Å². The molecule has 0 bridgehead atoms. The van der Waals surface area contributed by atoms with E-state index in [9.17, 15) is 14.4 Å². The molecule has 0 aliphatic carbocycles.